The molecule has 0 bridgehead atoms. The number of carbonyl (C=O) groups is 2. The smallest absolute Gasteiger partial charge is 0.323 e. The topological polar surface area (TPSA) is 83.8 Å². The molecule has 1 rings (SSSR count). The van der Waals surface area contributed by atoms with Crippen LogP contribution in [0.25, 0.3) is 0 Å². The third kappa shape index (κ3) is 2.83. The van der Waals surface area contributed by atoms with Crippen molar-refractivity contribution in [1.29, 1.82) is 0 Å². The second kappa shape index (κ2) is 5.69. The standard InChI is InChI=1S/C13H22O5/c1-3-12(17)6-5-7-13(9-8-12,10(14)15)11(16)18-4-2/h17H,3-9H2,1-2H3,(H,14,15). The summed E-state index contributed by atoms with van der Waals surface area (Å²) in [5.74, 6) is -1.81. The lowest BCUT2D eigenvalue weighted by Gasteiger charge is -2.27. The lowest BCUT2D eigenvalue weighted by molar-refractivity contribution is -0.170. The van der Waals surface area contributed by atoms with E-state index < -0.39 is 23.0 Å². The van der Waals surface area contributed by atoms with E-state index >= 15 is 0 Å². The van der Waals surface area contributed by atoms with Crippen molar-refractivity contribution in [2.75, 3.05) is 6.61 Å². The summed E-state index contributed by atoms with van der Waals surface area (Å²) in [6.07, 6.45) is 2.35. The third-order valence-electron chi connectivity index (χ3n) is 4.00. The van der Waals surface area contributed by atoms with E-state index in [4.69, 9.17) is 4.74 Å². The van der Waals surface area contributed by atoms with Gasteiger partial charge in [-0.25, -0.2) is 0 Å². The molecule has 5 heteroatoms. The number of rotatable bonds is 4. The first kappa shape index (κ1) is 15.0. The Balaban J connectivity index is 2.93. The van der Waals surface area contributed by atoms with Crippen LogP contribution in [0, 0.1) is 5.41 Å². The Labute approximate surface area is 107 Å². The SMILES string of the molecule is CCOC(=O)C1(C(=O)O)CCCC(O)(CC)CC1. The number of aliphatic carboxylic acids is 1. The van der Waals surface area contributed by atoms with Crippen molar-refractivity contribution in [3.8, 4) is 0 Å². The first-order valence-electron chi connectivity index (χ1n) is 6.53. The zero-order chi connectivity index (χ0) is 13.8. The molecule has 1 fully saturated rings. The molecule has 5 nitrogen and oxygen atoms in total. The fourth-order valence-electron chi connectivity index (χ4n) is 2.54. The molecular formula is C13H22O5. The highest BCUT2D eigenvalue weighted by molar-refractivity contribution is 5.99. The minimum Gasteiger partial charge on any atom is -0.480 e. The van der Waals surface area contributed by atoms with E-state index in [1.807, 2.05) is 6.92 Å². The molecule has 1 aliphatic rings. The highest BCUT2D eigenvalue weighted by Gasteiger charge is 2.50. The van der Waals surface area contributed by atoms with Crippen LogP contribution in [0.5, 0.6) is 0 Å². The first-order chi connectivity index (χ1) is 8.40. The van der Waals surface area contributed by atoms with Gasteiger partial charge in [-0.2, -0.15) is 0 Å². The zero-order valence-corrected chi connectivity index (χ0v) is 11.1. The van der Waals surface area contributed by atoms with E-state index in [0.29, 0.717) is 25.7 Å². The molecule has 0 aromatic rings. The fourth-order valence-corrected chi connectivity index (χ4v) is 2.54. The van der Waals surface area contributed by atoms with Crippen LogP contribution in [0.2, 0.25) is 0 Å². The lowest BCUT2D eigenvalue weighted by atomic mass is 9.79. The summed E-state index contributed by atoms with van der Waals surface area (Å²) in [6.45, 7) is 3.70. The van der Waals surface area contributed by atoms with Gasteiger partial charge >= 0.3 is 11.9 Å². The van der Waals surface area contributed by atoms with E-state index in [-0.39, 0.29) is 19.4 Å². The summed E-state index contributed by atoms with van der Waals surface area (Å²) in [6, 6.07) is 0. The summed E-state index contributed by atoms with van der Waals surface area (Å²) >= 11 is 0. The molecule has 0 heterocycles. The molecular weight excluding hydrogens is 236 g/mol. The van der Waals surface area contributed by atoms with Crippen molar-refractivity contribution < 1.29 is 24.5 Å². The number of esters is 1. The first-order valence-corrected chi connectivity index (χ1v) is 6.53. The molecule has 0 saturated heterocycles. The number of carboxylic acids is 1. The van der Waals surface area contributed by atoms with Crippen LogP contribution in [0.15, 0.2) is 0 Å². The number of hydrogen-bond acceptors (Lipinski definition) is 4. The number of carboxylic acid groups (broad SMARTS) is 1. The summed E-state index contributed by atoms with van der Waals surface area (Å²) in [4.78, 5) is 23.4. The average molecular weight is 258 g/mol. The van der Waals surface area contributed by atoms with Crippen molar-refractivity contribution in [2.24, 2.45) is 5.41 Å². The van der Waals surface area contributed by atoms with Gasteiger partial charge < -0.3 is 14.9 Å². The summed E-state index contributed by atoms with van der Waals surface area (Å²) in [5, 5.41) is 19.6. The Bertz CT molecular complexity index is 327. The second-order valence-electron chi connectivity index (χ2n) is 5.04. The number of carbonyl (C=O) groups excluding carboxylic acids is 1. The van der Waals surface area contributed by atoms with Gasteiger partial charge in [0.2, 0.25) is 0 Å². The van der Waals surface area contributed by atoms with E-state index in [1.165, 1.54) is 0 Å². The zero-order valence-electron chi connectivity index (χ0n) is 11.1. The van der Waals surface area contributed by atoms with E-state index in [9.17, 15) is 19.8 Å². The van der Waals surface area contributed by atoms with Crippen LogP contribution in [0.3, 0.4) is 0 Å². The predicted molar refractivity (Wildman–Crippen MR) is 65.0 cm³/mol. The molecule has 104 valence electrons. The molecule has 0 spiro atoms. The molecule has 2 atom stereocenters. The summed E-state index contributed by atoms with van der Waals surface area (Å²) in [5.41, 5.74) is -2.32. The lowest BCUT2D eigenvalue weighted by Crippen LogP contribution is -2.41. The largest absolute Gasteiger partial charge is 0.480 e. The molecule has 0 aliphatic heterocycles. The molecule has 2 N–H and O–H groups in total. The van der Waals surface area contributed by atoms with Crippen molar-refractivity contribution in [2.45, 2.75) is 58.0 Å². The maximum absolute atomic E-state index is 11.9. The molecule has 18 heavy (non-hydrogen) atoms. The Kier molecular flexibility index (Phi) is 4.73. The Morgan fingerprint density at radius 3 is 2.33 bits per heavy atom. The highest BCUT2D eigenvalue weighted by atomic mass is 16.5. The van der Waals surface area contributed by atoms with Crippen molar-refractivity contribution in [3.05, 3.63) is 0 Å². The fraction of sp³-hybridized carbons (Fsp3) is 0.846. The number of aliphatic hydroxyl groups is 1. The normalized spacial score (nSPS) is 32.6. The molecule has 0 aromatic heterocycles. The van der Waals surface area contributed by atoms with Crippen LogP contribution in [0.1, 0.15) is 52.4 Å². The molecule has 0 radical (unpaired) electrons. The van der Waals surface area contributed by atoms with Crippen molar-refractivity contribution in [3.63, 3.8) is 0 Å². The summed E-state index contributed by atoms with van der Waals surface area (Å²) in [7, 11) is 0. The van der Waals surface area contributed by atoms with E-state index in [0.717, 1.165) is 0 Å². The van der Waals surface area contributed by atoms with Gasteiger partial charge in [-0.1, -0.05) is 6.92 Å². The minimum atomic E-state index is -1.48. The highest BCUT2D eigenvalue weighted by Crippen LogP contribution is 2.41. The van der Waals surface area contributed by atoms with Crippen LogP contribution >= 0.6 is 0 Å². The van der Waals surface area contributed by atoms with Crippen molar-refractivity contribution in [1.82, 2.24) is 0 Å². The predicted octanol–water partition coefficient (Wildman–Crippen LogP) is 1.73. The van der Waals surface area contributed by atoms with Gasteiger partial charge in [-0.05, 0) is 45.4 Å². The quantitative estimate of drug-likeness (QED) is 0.456. The third-order valence-corrected chi connectivity index (χ3v) is 4.00. The van der Waals surface area contributed by atoms with Gasteiger partial charge in [-0.15, -0.1) is 0 Å². The maximum Gasteiger partial charge on any atom is 0.323 e. The number of ether oxygens (including phenoxy) is 1. The van der Waals surface area contributed by atoms with Crippen LogP contribution < -0.4 is 0 Å². The van der Waals surface area contributed by atoms with Crippen LogP contribution in [-0.4, -0.2) is 34.4 Å². The Hall–Kier alpha value is -1.10. The molecule has 0 amide bonds. The molecule has 1 aliphatic carbocycles. The van der Waals surface area contributed by atoms with Gasteiger partial charge in [0.1, 0.15) is 0 Å². The van der Waals surface area contributed by atoms with Gasteiger partial charge in [0.25, 0.3) is 0 Å². The monoisotopic (exact) mass is 258 g/mol. The Morgan fingerprint density at radius 2 is 1.83 bits per heavy atom. The van der Waals surface area contributed by atoms with E-state index in [2.05, 4.69) is 0 Å². The van der Waals surface area contributed by atoms with Crippen molar-refractivity contribution >= 4 is 11.9 Å². The summed E-state index contributed by atoms with van der Waals surface area (Å²) < 4.78 is 4.90. The Morgan fingerprint density at radius 1 is 1.17 bits per heavy atom. The van der Waals surface area contributed by atoms with Crippen LogP contribution in [-0.2, 0) is 14.3 Å². The van der Waals surface area contributed by atoms with Gasteiger partial charge in [0.05, 0.1) is 12.2 Å². The van der Waals surface area contributed by atoms with Gasteiger partial charge in [0.15, 0.2) is 5.41 Å². The number of hydrogen-bond donors (Lipinski definition) is 2. The minimum absolute atomic E-state index is 0.144. The molecule has 2 unspecified atom stereocenters. The van der Waals surface area contributed by atoms with Crippen LogP contribution in [0.4, 0.5) is 0 Å². The molecule has 1 saturated carbocycles. The van der Waals surface area contributed by atoms with Gasteiger partial charge in [0, 0.05) is 0 Å². The molecule has 0 aromatic carbocycles. The van der Waals surface area contributed by atoms with E-state index in [1.54, 1.807) is 6.92 Å². The second-order valence-corrected chi connectivity index (χ2v) is 5.04. The average Bonchev–Trinajstić information content (AvgIpc) is 2.50. The van der Waals surface area contributed by atoms with Gasteiger partial charge in [-0.3, -0.25) is 9.59 Å². The maximum atomic E-state index is 11.9.